The normalized spacial score (nSPS) is 15.6. The lowest BCUT2D eigenvalue weighted by molar-refractivity contribution is -0.134. The van der Waals surface area contributed by atoms with E-state index in [4.69, 9.17) is 4.74 Å². The van der Waals surface area contributed by atoms with Crippen molar-refractivity contribution in [1.29, 1.82) is 0 Å². The maximum atomic E-state index is 12.2. The molecule has 1 fully saturated rings. The van der Waals surface area contributed by atoms with Crippen LogP contribution in [0.15, 0.2) is 18.3 Å². The van der Waals surface area contributed by atoms with E-state index in [0.29, 0.717) is 25.5 Å². The molecule has 6 nitrogen and oxygen atoms in total. The van der Waals surface area contributed by atoms with Gasteiger partial charge in [-0.1, -0.05) is 6.07 Å². The minimum Gasteiger partial charge on any atom is -0.481 e. The first-order chi connectivity index (χ1) is 10.1. The van der Waals surface area contributed by atoms with Crippen LogP contribution in [0.25, 0.3) is 0 Å². The molecule has 1 N–H and O–H groups in total. The topological polar surface area (TPSA) is 71.5 Å². The number of amides is 2. The second-order valence-corrected chi connectivity index (χ2v) is 5.17. The fraction of sp³-hybridized carbons (Fsp3) is 0.533. The van der Waals surface area contributed by atoms with E-state index in [-0.39, 0.29) is 17.7 Å². The molecule has 1 aromatic heterocycles. The third kappa shape index (κ3) is 3.93. The Morgan fingerprint density at radius 1 is 1.43 bits per heavy atom. The molecule has 0 radical (unpaired) electrons. The van der Waals surface area contributed by atoms with Gasteiger partial charge in [0.05, 0.1) is 7.11 Å². The van der Waals surface area contributed by atoms with E-state index in [1.807, 2.05) is 12.1 Å². The zero-order valence-corrected chi connectivity index (χ0v) is 12.5. The van der Waals surface area contributed by atoms with Crippen molar-refractivity contribution < 1.29 is 14.3 Å². The number of ether oxygens (including phenoxy) is 1. The van der Waals surface area contributed by atoms with Gasteiger partial charge < -0.3 is 15.0 Å². The van der Waals surface area contributed by atoms with Gasteiger partial charge in [0, 0.05) is 44.2 Å². The summed E-state index contributed by atoms with van der Waals surface area (Å²) < 4.78 is 5.16. The number of hydrogen-bond donors (Lipinski definition) is 1. The molecule has 0 spiro atoms. The molecule has 2 amide bonds. The lowest BCUT2D eigenvalue weighted by atomic mass is 9.96. The molecule has 0 unspecified atom stereocenters. The van der Waals surface area contributed by atoms with Gasteiger partial charge in [-0.05, 0) is 18.9 Å². The average Bonchev–Trinajstić information content (AvgIpc) is 2.52. The van der Waals surface area contributed by atoms with Crippen LogP contribution in [0.3, 0.4) is 0 Å². The Bertz CT molecular complexity index is 511. The van der Waals surface area contributed by atoms with Gasteiger partial charge in [-0.25, -0.2) is 4.98 Å². The number of methoxy groups -OCH3 is 1. The van der Waals surface area contributed by atoms with Gasteiger partial charge in [0.1, 0.15) is 0 Å². The maximum Gasteiger partial charge on any atom is 0.223 e. The van der Waals surface area contributed by atoms with E-state index >= 15 is 0 Å². The van der Waals surface area contributed by atoms with Crippen molar-refractivity contribution >= 4 is 11.8 Å². The summed E-state index contributed by atoms with van der Waals surface area (Å²) in [7, 11) is 1.56. The number of pyridine rings is 1. The second kappa shape index (κ2) is 7.06. The molecule has 1 aliphatic heterocycles. The van der Waals surface area contributed by atoms with Gasteiger partial charge in [-0.3, -0.25) is 9.59 Å². The zero-order valence-electron chi connectivity index (χ0n) is 12.5. The highest BCUT2D eigenvalue weighted by atomic mass is 16.5. The number of hydrogen-bond acceptors (Lipinski definition) is 4. The molecule has 1 aromatic rings. The summed E-state index contributed by atoms with van der Waals surface area (Å²) in [5.41, 5.74) is 0.856. The van der Waals surface area contributed by atoms with E-state index in [2.05, 4.69) is 10.3 Å². The highest BCUT2D eigenvalue weighted by Crippen LogP contribution is 2.18. The fourth-order valence-corrected chi connectivity index (χ4v) is 2.53. The van der Waals surface area contributed by atoms with Crippen LogP contribution in [0.2, 0.25) is 0 Å². The van der Waals surface area contributed by atoms with Crippen molar-refractivity contribution in [3.63, 3.8) is 0 Å². The number of nitrogens with one attached hydrogen (secondary N) is 1. The largest absolute Gasteiger partial charge is 0.481 e. The van der Waals surface area contributed by atoms with E-state index in [0.717, 1.165) is 18.4 Å². The summed E-state index contributed by atoms with van der Waals surface area (Å²) in [5.74, 6) is 0.616. The number of likely N-dealkylation sites (tertiary alicyclic amines) is 1. The van der Waals surface area contributed by atoms with Gasteiger partial charge in [0.15, 0.2) is 0 Å². The summed E-state index contributed by atoms with van der Waals surface area (Å²) in [6, 6.07) is 3.69. The predicted octanol–water partition coefficient (Wildman–Crippen LogP) is 0.965. The first-order valence-electron chi connectivity index (χ1n) is 7.13. The van der Waals surface area contributed by atoms with E-state index in [1.165, 1.54) is 0 Å². The van der Waals surface area contributed by atoms with Crippen LogP contribution in [-0.2, 0) is 16.1 Å². The van der Waals surface area contributed by atoms with Crippen molar-refractivity contribution in [2.24, 2.45) is 5.92 Å². The molecular formula is C15H21N3O3. The van der Waals surface area contributed by atoms with E-state index < -0.39 is 0 Å². The Labute approximate surface area is 124 Å². The van der Waals surface area contributed by atoms with Crippen molar-refractivity contribution in [3.8, 4) is 5.88 Å². The number of carbonyl (C=O) groups excluding carboxylic acids is 2. The smallest absolute Gasteiger partial charge is 0.223 e. The Hall–Kier alpha value is -2.11. The molecule has 0 saturated carbocycles. The lowest BCUT2D eigenvalue weighted by Gasteiger charge is -2.30. The first kappa shape index (κ1) is 15.3. The minimum absolute atomic E-state index is 0.0248. The van der Waals surface area contributed by atoms with Crippen LogP contribution in [0.1, 0.15) is 25.3 Å². The summed E-state index contributed by atoms with van der Waals surface area (Å²) in [6.07, 6.45) is 3.09. The summed E-state index contributed by atoms with van der Waals surface area (Å²) in [6.45, 7) is 3.28. The van der Waals surface area contributed by atoms with Crippen molar-refractivity contribution in [2.75, 3.05) is 20.2 Å². The van der Waals surface area contributed by atoms with Gasteiger partial charge in [-0.2, -0.15) is 0 Å². The Morgan fingerprint density at radius 2 is 2.14 bits per heavy atom. The SMILES string of the molecule is COc1ncccc1CNC(=O)C1CCN(C(C)=O)CC1. The van der Waals surface area contributed by atoms with E-state index in [9.17, 15) is 9.59 Å². The van der Waals surface area contributed by atoms with Crippen molar-refractivity contribution in [1.82, 2.24) is 15.2 Å². The van der Waals surface area contributed by atoms with Crippen LogP contribution in [0, 0.1) is 5.92 Å². The fourth-order valence-electron chi connectivity index (χ4n) is 2.53. The molecule has 0 aliphatic carbocycles. The molecule has 0 atom stereocenters. The summed E-state index contributed by atoms with van der Waals surface area (Å²) >= 11 is 0. The monoisotopic (exact) mass is 291 g/mol. The van der Waals surface area contributed by atoms with E-state index in [1.54, 1.807) is 25.1 Å². The van der Waals surface area contributed by atoms with Gasteiger partial charge in [0.2, 0.25) is 17.7 Å². The number of aromatic nitrogens is 1. The molecule has 114 valence electrons. The molecule has 1 aliphatic rings. The number of piperidine rings is 1. The lowest BCUT2D eigenvalue weighted by Crippen LogP contribution is -2.42. The standard InChI is InChI=1S/C15H21N3O3/c1-11(19)18-8-5-12(6-9-18)14(20)17-10-13-4-3-7-16-15(13)21-2/h3-4,7,12H,5-6,8-10H2,1-2H3,(H,17,20). The molecular weight excluding hydrogens is 270 g/mol. The highest BCUT2D eigenvalue weighted by molar-refractivity contribution is 5.79. The number of nitrogens with zero attached hydrogens (tertiary/aromatic N) is 2. The van der Waals surface area contributed by atoms with Gasteiger partial charge in [-0.15, -0.1) is 0 Å². The zero-order chi connectivity index (χ0) is 15.2. The second-order valence-electron chi connectivity index (χ2n) is 5.17. The third-order valence-electron chi connectivity index (χ3n) is 3.81. The van der Waals surface area contributed by atoms with Crippen molar-refractivity contribution in [2.45, 2.75) is 26.3 Å². The van der Waals surface area contributed by atoms with Crippen LogP contribution >= 0.6 is 0 Å². The van der Waals surface area contributed by atoms with Crippen LogP contribution in [0.5, 0.6) is 5.88 Å². The first-order valence-corrected chi connectivity index (χ1v) is 7.13. The van der Waals surface area contributed by atoms with Crippen molar-refractivity contribution in [3.05, 3.63) is 23.9 Å². The molecule has 1 saturated heterocycles. The molecule has 21 heavy (non-hydrogen) atoms. The molecule has 2 heterocycles. The third-order valence-corrected chi connectivity index (χ3v) is 3.81. The van der Waals surface area contributed by atoms with Gasteiger partial charge >= 0.3 is 0 Å². The number of carbonyl (C=O) groups is 2. The summed E-state index contributed by atoms with van der Waals surface area (Å²) in [4.78, 5) is 29.3. The molecule has 0 aromatic carbocycles. The maximum absolute atomic E-state index is 12.2. The summed E-state index contributed by atoms with van der Waals surface area (Å²) in [5, 5.41) is 2.93. The molecule has 0 bridgehead atoms. The van der Waals surface area contributed by atoms with Crippen LogP contribution < -0.4 is 10.1 Å². The number of rotatable bonds is 4. The van der Waals surface area contributed by atoms with Crippen LogP contribution in [-0.4, -0.2) is 41.9 Å². The Morgan fingerprint density at radius 3 is 2.76 bits per heavy atom. The molecule has 6 heteroatoms. The average molecular weight is 291 g/mol. The molecule has 2 rings (SSSR count). The Kier molecular flexibility index (Phi) is 5.14. The predicted molar refractivity (Wildman–Crippen MR) is 77.6 cm³/mol. The highest BCUT2D eigenvalue weighted by Gasteiger charge is 2.25. The Balaban J connectivity index is 1.84. The van der Waals surface area contributed by atoms with Crippen LogP contribution in [0.4, 0.5) is 0 Å². The van der Waals surface area contributed by atoms with Gasteiger partial charge in [0.25, 0.3) is 0 Å². The quantitative estimate of drug-likeness (QED) is 0.897. The minimum atomic E-state index is -0.0248.